The van der Waals surface area contributed by atoms with Gasteiger partial charge in [0.1, 0.15) is 4.83 Å². The minimum Gasteiger partial charge on any atom is -0.390 e. The number of amides is 1. The lowest BCUT2D eigenvalue weighted by molar-refractivity contribution is 0.0716. The van der Waals surface area contributed by atoms with Gasteiger partial charge < -0.3 is 9.74 Å². The number of carbonyl (C=O) groups excluding carboxylic acids is 1. The van der Waals surface area contributed by atoms with Crippen LogP contribution in [0.15, 0.2) is 16.3 Å². The summed E-state index contributed by atoms with van der Waals surface area (Å²) in [4.78, 5) is 38.4. The van der Waals surface area contributed by atoms with Crippen LogP contribution in [0.3, 0.4) is 0 Å². The van der Waals surface area contributed by atoms with E-state index >= 15 is 0 Å². The van der Waals surface area contributed by atoms with Crippen LogP contribution in [0.1, 0.15) is 48.8 Å². The van der Waals surface area contributed by atoms with Gasteiger partial charge in [0.05, 0.1) is 28.8 Å². The van der Waals surface area contributed by atoms with Crippen LogP contribution in [-0.2, 0) is 11.4 Å². The SMILES string of the molecule is CCC1=NO[C@@H](Cn2cnc3sc(C(=O)N(CC)CC)c(C)c3c2=O)C1. The number of nitrogens with zero attached hydrogens (tertiary/aromatic N) is 4. The first-order valence-electron chi connectivity index (χ1n) is 8.99. The minimum atomic E-state index is -0.141. The van der Waals surface area contributed by atoms with E-state index in [-0.39, 0.29) is 17.6 Å². The second-order valence-corrected chi connectivity index (χ2v) is 7.36. The van der Waals surface area contributed by atoms with E-state index in [1.807, 2.05) is 27.7 Å². The maximum atomic E-state index is 12.9. The van der Waals surface area contributed by atoms with E-state index in [1.54, 1.807) is 15.8 Å². The van der Waals surface area contributed by atoms with Crippen molar-refractivity contribution in [1.82, 2.24) is 14.5 Å². The summed E-state index contributed by atoms with van der Waals surface area (Å²) in [5.41, 5.74) is 1.60. The lowest BCUT2D eigenvalue weighted by Crippen LogP contribution is -2.30. The summed E-state index contributed by atoms with van der Waals surface area (Å²) in [6.07, 6.45) is 2.98. The third kappa shape index (κ3) is 3.25. The Morgan fingerprint density at radius 1 is 1.38 bits per heavy atom. The average Bonchev–Trinajstić information content (AvgIpc) is 3.23. The molecule has 0 saturated carbocycles. The van der Waals surface area contributed by atoms with Gasteiger partial charge in [-0.3, -0.25) is 14.2 Å². The number of aromatic nitrogens is 2. The summed E-state index contributed by atoms with van der Waals surface area (Å²) < 4.78 is 1.56. The Bertz CT molecular complexity index is 911. The zero-order valence-electron chi connectivity index (χ0n) is 15.6. The molecule has 3 rings (SSSR count). The molecule has 0 saturated heterocycles. The Balaban J connectivity index is 1.93. The van der Waals surface area contributed by atoms with Gasteiger partial charge in [-0.05, 0) is 32.8 Å². The van der Waals surface area contributed by atoms with Crippen molar-refractivity contribution in [1.29, 1.82) is 0 Å². The van der Waals surface area contributed by atoms with Crippen LogP contribution in [0.25, 0.3) is 10.2 Å². The lowest BCUT2D eigenvalue weighted by atomic mass is 10.1. The van der Waals surface area contributed by atoms with Gasteiger partial charge in [-0.15, -0.1) is 11.3 Å². The molecule has 0 aliphatic carbocycles. The van der Waals surface area contributed by atoms with E-state index < -0.39 is 0 Å². The topological polar surface area (TPSA) is 76.8 Å². The average molecular weight is 376 g/mol. The Kier molecular flexibility index (Phi) is 5.41. The van der Waals surface area contributed by atoms with Gasteiger partial charge in [0, 0.05) is 19.5 Å². The number of carbonyl (C=O) groups is 1. The quantitative estimate of drug-likeness (QED) is 0.777. The van der Waals surface area contributed by atoms with E-state index in [0.717, 1.165) is 18.6 Å². The molecule has 0 unspecified atom stereocenters. The number of oxime groups is 1. The summed E-state index contributed by atoms with van der Waals surface area (Å²) >= 11 is 1.29. The Labute approximate surface area is 156 Å². The highest BCUT2D eigenvalue weighted by molar-refractivity contribution is 7.20. The van der Waals surface area contributed by atoms with E-state index in [4.69, 9.17) is 4.84 Å². The van der Waals surface area contributed by atoms with Gasteiger partial charge in [-0.25, -0.2) is 4.98 Å². The van der Waals surface area contributed by atoms with Crippen molar-refractivity contribution in [3.8, 4) is 0 Å². The van der Waals surface area contributed by atoms with Gasteiger partial charge in [-0.1, -0.05) is 12.1 Å². The van der Waals surface area contributed by atoms with E-state index in [9.17, 15) is 9.59 Å². The molecular weight excluding hydrogens is 352 g/mol. The molecular formula is C18H24N4O3S. The fourth-order valence-electron chi connectivity index (χ4n) is 3.16. The third-order valence-corrected chi connectivity index (χ3v) is 5.95. The molecule has 8 heteroatoms. The number of rotatable bonds is 6. The molecule has 1 aliphatic heterocycles. The molecule has 1 amide bonds. The summed E-state index contributed by atoms with van der Waals surface area (Å²) in [6, 6.07) is 0. The van der Waals surface area contributed by atoms with Crippen LogP contribution in [0.4, 0.5) is 0 Å². The van der Waals surface area contributed by atoms with Gasteiger partial charge in [0.25, 0.3) is 11.5 Å². The largest absolute Gasteiger partial charge is 0.390 e. The smallest absolute Gasteiger partial charge is 0.264 e. The molecule has 0 radical (unpaired) electrons. The van der Waals surface area contributed by atoms with Crippen molar-refractivity contribution >= 4 is 33.2 Å². The van der Waals surface area contributed by atoms with E-state index in [0.29, 0.717) is 40.3 Å². The predicted octanol–water partition coefficient (Wildman–Crippen LogP) is 2.80. The van der Waals surface area contributed by atoms with E-state index in [2.05, 4.69) is 10.1 Å². The highest BCUT2D eigenvalue weighted by Crippen LogP contribution is 2.28. The van der Waals surface area contributed by atoms with Gasteiger partial charge >= 0.3 is 0 Å². The van der Waals surface area contributed by atoms with Crippen molar-refractivity contribution in [3.63, 3.8) is 0 Å². The van der Waals surface area contributed by atoms with Crippen molar-refractivity contribution in [2.45, 2.75) is 53.2 Å². The minimum absolute atomic E-state index is 0.0402. The molecule has 3 heterocycles. The molecule has 26 heavy (non-hydrogen) atoms. The maximum absolute atomic E-state index is 12.9. The summed E-state index contributed by atoms with van der Waals surface area (Å²) in [5, 5.41) is 4.57. The number of fused-ring (bicyclic) bond motifs is 1. The summed E-state index contributed by atoms with van der Waals surface area (Å²) in [7, 11) is 0. The van der Waals surface area contributed by atoms with Crippen molar-refractivity contribution in [2.24, 2.45) is 5.16 Å². The zero-order valence-corrected chi connectivity index (χ0v) is 16.4. The first-order valence-corrected chi connectivity index (χ1v) is 9.81. The number of aryl methyl sites for hydroxylation is 1. The molecule has 0 aromatic carbocycles. The molecule has 1 aliphatic rings. The number of hydrogen-bond acceptors (Lipinski definition) is 6. The normalized spacial score (nSPS) is 16.6. The Morgan fingerprint density at radius 3 is 2.73 bits per heavy atom. The Morgan fingerprint density at radius 2 is 2.12 bits per heavy atom. The number of hydrogen-bond donors (Lipinski definition) is 0. The number of thiophene rings is 1. The van der Waals surface area contributed by atoms with Crippen LogP contribution in [0, 0.1) is 6.92 Å². The van der Waals surface area contributed by atoms with Crippen molar-refractivity contribution < 1.29 is 9.63 Å². The molecule has 2 aromatic rings. The first kappa shape index (κ1) is 18.6. The van der Waals surface area contributed by atoms with Crippen molar-refractivity contribution in [2.75, 3.05) is 13.1 Å². The highest BCUT2D eigenvalue weighted by atomic mass is 32.1. The first-order chi connectivity index (χ1) is 12.5. The summed E-state index contributed by atoms with van der Waals surface area (Å²) in [6.45, 7) is 9.44. The fraction of sp³-hybridized carbons (Fsp3) is 0.556. The second kappa shape index (κ2) is 7.57. The van der Waals surface area contributed by atoms with Gasteiger partial charge in [-0.2, -0.15) is 0 Å². The zero-order chi connectivity index (χ0) is 18.8. The third-order valence-electron chi connectivity index (χ3n) is 4.76. The van der Waals surface area contributed by atoms with Gasteiger partial charge in [0.2, 0.25) is 0 Å². The second-order valence-electron chi connectivity index (χ2n) is 6.36. The molecule has 0 spiro atoms. The standard InChI is InChI=1S/C18H24N4O3S/c1-5-12-8-13(25-20-12)9-22-10-19-16-14(17(22)23)11(4)15(26-16)18(24)21(6-2)7-3/h10,13H,5-9H2,1-4H3/t13-/m1/s1. The molecule has 0 fully saturated rings. The van der Waals surface area contributed by atoms with Crippen LogP contribution in [0.2, 0.25) is 0 Å². The predicted molar refractivity (Wildman–Crippen MR) is 103 cm³/mol. The van der Waals surface area contributed by atoms with Crippen LogP contribution >= 0.6 is 11.3 Å². The van der Waals surface area contributed by atoms with Crippen LogP contribution in [0.5, 0.6) is 0 Å². The lowest BCUT2D eigenvalue weighted by Gasteiger charge is -2.17. The summed E-state index contributed by atoms with van der Waals surface area (Å²) in [5.74, 6) is -0.0402. The highest BCUT2D eigenvalue weighted by Gasteiger charge is 2.24. The van der Waals surface area contributed by atoms with Crippen molar-refractivity contribution in [3.05, 3.63) is 27.1 Å². The molecule has 140 valence electrons. The molecule has 7 nitrogen and oxygen atoms in total. The molecule has 1 atom stereocenters. The molecule has 0 bridgehead atoms. The monoisotopic (exact) mass is 376 g/mol. The van der Waals surface area contributed by atoms with E-state index in [1.165, 1.54) is 11.3 Å². The Hall–Kier alpha value is -2.22. The molecule has 0 N–H and O–H groups in total. The molecule has 2 aromatic heterocycles. The van der Waals surface area contributed by atoms with Crippen LogP contribution in [-0.4, -0.2) is 45.3 Å². The van der Waals surface area contributed by atoms with Crippen LogP contribution < -0.4 is 5.56 Å². The maximum Gasteiger partial charge on any atom is 0.264 e. The van der Waals surface area contributed by atoms with Gasteiger partial charge in [0.15, 0.2) is 6.10 Å². The fourth-order valence-corrected chi connectivity index (χ4v) is 4.27.